The van der Waals surface area contributed by atoms with E-state index in [0.29, 0.717) is 24.7 Å². The summed E-state index contributed by atoms with van der Waals surface area (Å²) in [7, 11) is 5.75. The number of benzene rings is 1. The number of aliphatic hydroxyl groups is 1. The fraction of sp³-hybridized carbons (Fsp3) is 0.370. The molecule has 3 rings (SSSR count). The minimum Gasteiger partial charge on any atom is -0.391 e. The number of piperidine rings is 1. The van der Waals surface area contributed by atoms with Crippen LogP contribution in [-0.4, -0.2) is 72.6 Å². The molecule has 34 heavy (non-hydrogen) atoms. The summed E-state index contributed by atoms with van der Waals surface area (Å²) in [5.41, 5.74) is 4.63. The molecule has 1 aromatic carbocycles. The maximum absolute atomic E-state index is 10.4. The Morgan fingerprint density at radius 2 is 2.21 bits per heavy atom. The van der Waals surface area contributed by atoms with E-state index in [1.807, 2.05) is 68.7 Å². The van der Waals surface area contributed by atoms with E-state index in [1.165, 1.54) is 0 Å². The fourth-order valence-corrected chi connectivity index (χ4v) is 4.01. The zero-order valence-corrected chi connectivity index (χ0v) is 20.6. The van der Waals surface area contributed by atoms with Gasteiger partial charge in [-0.3, -0.25) is 4.99 Å². The zero-order chi connectivity index (χ0) is 24.5. The summed E-state index contributed by atoms with van der Waals surface area (Å²) in [5, 5.41) is 17.1. The predicted octanol–water partition coefficient (Wildman–Crippen LogP) is 3.61. The summed E-state index contributed by atoms with van der Waals surface area (Å²) in [4.78, 5) is 16.0. The van der Waals surface area contributed by atoms with Crippen molar-refractivity contribution >= 4 is 17.1 Å². The van der Waals surface area contributed by atoms with Crippen LogP contribution in [0.5, 0.6) is 0 Å². The maximum atomic E-state index is 10.4. The second-order valence-electron chi connectivity index (χ2n) is 8.60. The van der Waals surface area contributed by atoms with Crippen LogP contribution >= 0.6 is 0 Å². The lowest BCUT2D eigenvalue weighted by atomic mass is 9.95. The standard InChI is InChI=1S/C27H36N6O/c1-6-9-24(28-3)23-16-31-26(32-27(23)30-15-22-12-13-29-17-25(22)34)21-11-8-10-20(14-21)19(7-2)18-33(4)5/h6-11,14,16,18,22,25,29,34H,2,12-13,15,17H2,1,3-5H3,(H,30,31,32)/b9-6-,19-18+,28-24?. The monoisotopic (exact) mass is 460 g/mol. The number of nitrogens with one attached hydrogen (secondary N) is 2. The van der Waals surface area contributed by atoms with Gasteiger partial charge >= 0.3 is 0 Å². The number of nitrogens with zero attached hydrogens (tertiary/aromatic N) is 4. The Balaban J connectivity index is 1.98. The molecular formula is C27H36N6O. The minimum absolute atomic E-state index is 0.158. The summed E-state index contributed by atoms with van der Waals surface area (Å²) in [5.74, 6) is 1.50. The van der Waals surface area contributed by atoms with Crippen molar-refractivity contribution in [2.45, 2.75) is 19.4 Å². The number of aliphatic hydroxyl groups excluding tert-OH is 1. The first-order chi connectivity index (χ1) is 16.5. The quantitative estimate of drug-likeness (QED) is 0.392. The molecule has 7 heteroatoms. The maximum Gasteiger partial charge on any atom is 0.161 e. The number of allylic oxidation sites excluding steroid dienone is 4. The number of β-amino-alcohol motifs (C(OH)–C–C–N with tert-alkyl or cyclic N) is 1. The summed E-state index contributed by atoms with van der Waals surface area (Å²) >= 11 is 0. The molecule has 1 saturated heterocycles. The van der Waals surface area contributed by atoms with Crippen LogP contribution in [0.2, 0.25) is 0 Å². The molecule has 1 fully saturated rings. The van der Waals surface area contributed by atoms with E-state index in [2.05, 4.69) is 39.3 Å². The smallest absolute Gasteiger partial charge is 0.161 e. The number of rotatable bonds is 9. The SMILES string of the molecule is C=C/C(=C\N(C)C)c1cccc(-c2ncc(C(/C=C\C)=NC)c(NCC3CCNCC3O)n2)c1. The van der Waals surface area contributed by atoms with Gasteiger partial charge in [0.15, 0.2) is 5.82 Å². The Morgan fingerprint density at radius 3 is 2.88 bits per heavy atom. The van der Waals surface area contributed by atoms with Gasteiger partial charge in [0, 0.05) is 58.1 Å². The van der Waals surface area contributed by atoms with E-state index in [1.54, 1.807) is 7.05 Å². The lowest BCUT2D eigenvalue weighted by molar-refractivity contribution is 0.0883. The molecule has 0 spiro atoms. The first-order valence-corrected chi connectivity index (χ1v) is 11.7. The summed E-state index contributed by atoms with van der Waals surface area (Å²) < 4.78 is 0. The highest BCUT2D eigenvalue weighted by atomic mass is 16.3. The third kappa shape index (κ3) is 6.40. The van der Waals surface area contributed by atoms with Crippen molar-refractivity contribution in [2.75, 3.05) is 46.1 Å². The highest BCUT2D eigenvalue weighted by Gasteiger charge is 2.23. The summed E-state index contributed by atoms with van der Waals surface area (Å²) in [6.45, 7) is 8.08. The molecule has 0 amide bonds. The molecule has 7 nitrogen and oxygen atoms in total. The van der Waals surface area contributed by atoms with Crippen LogP contribution < -0.4 is 10.6 Å². The molecule has 2 heterocycles. The van der Waals surface area contributed by atoms with Gasteiger partial charge in [-0.15, -0.1) is 0 Å². The number of anilines is 1. The molecule has 1 aromatic heterocycles. The molecule has 2 aromatic rings. The first kappa shape index (κ1) is 25.3. The van der Waals surface area contributed by atoms with Crippen LogP contribution in [-0.2, 0) is 0 Å². The fourth-order valence-electron chi connectivity index (χ4n) is 4.01. The van der Waals surface area contributed by atoms with Gasteiger partial charge in [0.1, 0.15) is 5.82 Å². The Bertz CT molecular complexity index is 1070. The average molecular weight is 461 g/mol. The van der Waals surface area contributed by atoms with Crippen molar-refractivity contribution in [1.82, 2.24) is 20.2 Å². The van der Waals surface area contributed by atoms with Crippen LogP contribution in [0.1, 0.15) is 24.5 Å². The second kappa shape index (κ2) is 12.3. The van der Waals surface area contributed by atoms with Crippen LogP contribution in [0.25, 0.3) is 17.0 Å². The Hall–Kier alpha value is -3.29. The molecule has 180 valence electrons. The van der Waals surface area contributed by atoms with Gasteiger partial charge in [-0.05, 0) is 43.2 Å². The van der Waals surface area contributed by atoms with E-state index < -0.39 is 0 Å². The van der Waals surface area contributed by atoms with Gasteiger partial charge in [0.2, 0.25) is 0 Å². The predicted molar refractivity (Wildman–Crippen MR) is 142 cm³/mol. The Labute approximate surface area is 203 Å². The molecular weight excluding hydrogens is 424 g/mol. The zero-order valence-electron chi connectivity index (χ0n) is 20.6. The van der Waals surface area contributed by atoms with Crippen molar-refractivity contribution < 1.29 is 5.11 Å². The van der Waals surface area contributed by atoms with Crippen molar-refractivity contribution in [2.24, 2.45) is 10.9 Å². The van der Waals surface area contributed by atoms with Crippen LogP contribution in [0, 0.1) is 5.92 Å². The summed E-state index contributed by atoms with van der Waals surface area (Å²) in [6, 6.07) is 8.15. The highest BCUT2D eigenvalue weighted by molar-refractivity contribution is 6.11. The van der Waals surface area contributed by atoms with Gasteiger partial charge in [0.25, 0.3) is 0 Å². The van der Waals surface area contributed by atoms with Crippen molar-refractivity contribution in [3.63, 3.8) is 0 Å². The van der Waals surface area contributed by atoms with Gasteiger partial charge in [-0.25, -0.2) is 9.97 Å². The largest absolute Gasteiger partial charge is 0.391 e. The second-order valence-corrected chi connectivity index (χ2v) is 8.60. The third-order valence-electron chi connectivity index (χ3n) is 5.82. The molecule has 0 aliphatic carbocycles. The molecule has 0 saturated carbocycles. The molecule has 2 unspecified atom stereocenters. The van der Waals surface area contributed by atoms with E-state index in [9.17, 15) is 5.11 Å². The van der Waals surface area contributed by atoms with E-state index >= 15 is 0 Å². The van der Waals surface area contributed by atoms with Crippen molar-refractivity contribution in [3.8, 4) is 11.4 Å². The number of hydrogen-bond acceptors (Lipinski definition) is 7. The molecule has 2 atom stereocenters. The minimum atomic E-state index is -0.377. The lowest BCUT2D eigenvalue weighted by Gasteiger charge is -2.28. The highest BCUT2D eigenvalue weighted by Crippen LogP contribution is 2.25. The van der Waals surface area contributed by atoms with E-state index in [0.717, 1.165) is 40.9 Å². The Morgan fingerprint density at radius 1 is 1.38 bits per heavy atom. The lowest BCUT2D eigenvalue weighted by Crippen LogP contribution is -2.43. The number of aromatic nitrogens is 2. The molecule has 0 radical (unpaired) electrons. The van der Waals surface area contributed by atoms with E-state index in [4.69, 9.17) is 4.98 Å². The number of hydrogen-bond donors (Lipinski definition) is 3. The third-order valence-corrected chi connectivity index (χ3v) is 5.82. The molecule has 0 bridgehead atoms. The molecule has 3 N–H and O–H groups in total. The number of aliphatic imine (C=N–C) groups is 1. The van der Waals surface area contributed by atoms with Crippen molar-refractivity contribution in [3.05, 3.63) is 72.6 Å². The van der Waals surface area contributed by atoms with Crippen molar-refractivity contribution in [1.29, 1.82) is 0 Å². The Kier molecular flexibility index (Phi) is 9.13. The average Bonchev–Trinajstić information content (AvgIpc) is 2.85. The topological polar surface area (TPSA) is 85.7 Å². The van der Waals surface area contributed by atoms with E-state index in [-0.39, 0.29) is 12.0 Å². The molecule has 1 aliphatic rings. The van der Waals surface area contributed by atoms with Gasteiger partial charge < -0.3 is 20.6 Å². The van der Waals surface area contributed by atoms with Gasteiger partial charge in [-0.2, -0.15) is 0 Å². The van der Waals surface area contributed by atoms with Crippen LogP contribution in [0.4, 0.5) is 5.82 Å². The molecule has 1 aliphatic heterocycles. The van der Waals surface area contributed by atoms with Crippen LogP contribution in [0.3, 0.4) is 0 Å². The van der Waals surface area contributed by atoms with Gasteiger partial charge in [0.05, 0.1) is 17.4 Å². The normalized spacial score (nSPS) is 19.3. The van der Waals surface area contributed by atoms with Gasteiger partial charge in [-0.1, -0.05) is 36.9 Å². The van der Waals surface area contributed by atoms with Crippen LogP contribution in [0.15, 0.2) is 66.5 Å². The first-order valence-electron chi connectivity index (χ1n) is 11.7. The summed E-state index contributed by atoms with van der Waals surface area (Å²) in [6.07, 6.45) is 10.1.